The molecule has 1 aromatic heterocycles. The van der Waals surface area contributed by atoms with Gasteiger partial charge < -0.3 is 19.0 Å². The van der Waals surface area contributed by atoms with Crippen LogP contribution in [0.25, 0.3) is 11.0 Å². The number of fused-ring (bicyclic) bond motifs is 2. The molecule has 0 spiro atoms. The summed E-state index contributed by atoms with van der Waals surface area (Å²) in [6, 6.07) is 23.5. The van der Waals surface area contributed by atoms with Gasteiger partial charge in [0.2, 0.25) is 0 Å². The molecule has 41 heavy (non-hydrogen) atoms. The van der Waals surface area contributed by atoms with Crippen molar-refractivity contribution in [3.63, 3.8) is 0 Å². The van der Waals surface area contributed by atoms with E-state index in [2.05, 4.69) is 36.1 Å². The van der Waals surface area contributed by atoms with Gasteiger partial charge in [-0.15, -0.1) is 0 Å². The summed E-state index contributed by atoms with van der Waals surface area (Å²) < 4.78 is 26.9. The smallest absolute Gasteiger partial charge is 0.294 e. The Kier molecular flexibility index (Phi) is 7.01. The number of morpholine rings is 1. The number of anilines is 2. The van der Waals surface area contributed by atoms with Gasteiger partial charge in [0.25, 0.3) is 5.91 Å². The minimum Gasteiger partial charge on any atom is -0.451 e. The van der Waals surface area contributed by atoms with Gasteiger partial charge in [-0.1, -0.05) is 49.4 Å². The lowest BCUT2D eigenvalue weighted by molar-refractivity contribution is 0.0959. The molecule has 212 valence electrons. The van der Waals surface area contributed by atoms with Crippen molar-refractivity contribution >= 4 is 28.3 Å². The highest BCUT2D eigenvalue weighted by molar-refractivity contribution is 6.06. The monoisotopic (exact) mass is 553 g/mol. The van der Waals surface area contributed by atoms with Gasteiger partial charge >= 0.3 is 0 Å². The molecule has 0 N–H and O–H groups in total. The van der Waals surface area contributed by atoms with Crippen molar-refractivity contribution in [2.24, 2.45) is 17.8 Å². The van der Waals surface area contributed by atoms with Crippen molar-refractivity contribution in [3.05, 3.63) is 95.5 Å². The van der Waals surface area contributed by atoms with Crippen molar-refractivity contribution in [1.82, 2.24) is 4.90 Å². The number of likely N-dealkylation sites (tertiary alicyclic amines) is 1. The first kappa shape index (κ1) is 26.2. The molecule has 2 aliphatic heterocycles. The van der Waals surface area contributed by atoms with Gasteiger partial charge in [-0.3, -0.25) is 9.69 Å². The van der Waals surface area contributed by atoms with Crippen molar-refractivity contribution in [1.29, 1.82) is 0 Å². The maximum Gasteiger partial charge on any atom is 0.294 e. The Balaban J connectivity index is 1.09. The van der Waals surface area contributed by atoms with E-state index in [1.165, 1.54) is 17.2 Å². The van der Waals surface area contributed by atoms with E-state index in [0.29, 0.717) is 67.6 Å². The summed E-state index contributed by atoms with van der Waals surface area (Å²) in [6.07, 6.45) is 1.05. The van der Waals surface area contributed by atoms with Crippen LogP contribution in [0.15, 0.2) is 77.2 Å². The molecule has 6 nitrogen and oxygen atoms in total. The molecule has 0 bridgehead atoms. The molecule has 3 fully saturated rings. The Morgan fingerprint density at radius 1 is 0.951 bits per heavy atom. The third-order valence-corrected chi connectivity index (χ3v) is 9.15. The highest BCUT2D eigenvalue weighted by atomic mass is 19.1. The van der Waals surface area contributed by atoms with E-state index in [9.17, 15) is 4.79 Å². The lowest BCUT2D eigenvalue weighted by Gasteiger charge is -2.30. The summed E-state index contributed by atoms with van der Waals surface area (Å²) in [5, 5.41) is 0.885. The summed E-state index contributed by atoms with van der Waals surface area (Å²) in [6.45, 7) is 8.24. The second-order valence-electron chi connectivity index (χ2n) is 11.7. The van der Waals surface area contributed by atoms with Crippen LogP contribution in [0.3, 0.4) is 0 Å². The number of piperidine rings is 1. The third-order valence-electron chi connectivity index (χ3n) is 9.15. The Morgan fingerprint density at radius 3 is 2.39 bits per heavy atom. The van der Waals surface area contributed by atoms with E-state index in [4.69, 9.17) is 9.15 Å². The van der Waals surface area contributed by atoms with Gasteiger partial charge in [0.1, 0.15) is 11.4 Å². The molecule has 3 aromatic carbocycles. The van der Waals surface area contributed by atoms with Gasteiger partial charge in [0.05, 0.1) is 18.9 Å². The van der Waals surface area contributed by atoms with Crippen molar-refractivity contribution in [2.45, 2.75) is 19.9 Å². The van der Waals surface area contributed by atoms with Crippen molar-refractivity contribution in [2.75, 3.05) is 55.7 Å². The number of benzene rings is 3. The van der Waals surface area contributed by atoms with Crippen LogP contribution in [0.4, 0.5) is 15.8 Å². The molecule has 7 heteroatoms. The Labute approximate surface area is 240 Å². The fourth-order valence-corrected chi connectivity index (χ4v) is 6.74. The van der Waals surface area contributed by atoms with Crippen LogP contribution in [0.2, 0.25) is 0 Å². The number of rotatable bonds is 8. The second kappa shape index (κ2) is 11.0. The molecule has 2 unspecified atom stereocenters. The molecule has 1 aliphatic carbocycles. The number of halogens is 1. The quantitative estimate of drug-likeness (QED) is 0.268. The zero-order chi connectivity index (χ0) is 27.9. The Bertz CT molecular complexity index is 1500. The molecule has 1 saturated carbocycles. The van der Waals surface area contributed by atoms with Crippen molar-refractivity contribution in [3.8, 4) is 0 Å². The SMILES string of the molecule is CCc1ccc(CN2CC3C(C2)C3CN(C(=O)c2cc3ccccc3o2)c2ccc(N3CCOCC3)c(F)c2)cc1. The van der Waals surface area contributed by atoms with Gasteiger partial charge in [-0.05, 0) is 65.6 Å². The minimum atomic E-state index is -0.317. The van der Waals surface area contributed by atoms with Crippen molar-refractivity contribution < 1.29 is 18.3 Å². The molecule has 3 aliphatic rings. The predicted molar refractivity (Wildman–Crippen MR) is 159 cm³/mol. The normalized spacial score (nSPS) is 22.2. The second-order valence-corrected chi connectivity index (χ2v) is 11.7. The summed E-state index contributed by atoms with van der Waals surface area (Å²) in [5.41, 5.74) is 4.51. The fraction of sp³-hybridized carbons (Fsp3) is 0.382. The number of nitrogens with zero attached hydrogens (tertiary/aromatic N) is 3. The number of furan rings is 1. The molecular formula is C34H36FN3O3. The van der Waals surface area contributed by atoms with Gasteiger partial charge in [-0.2, -0.15) is 0 Å². The summed E-state index contributed by atoms with van der Waals surface area (Å²) in [4.78, 5) is 20.2. The van der Waals surface area contributed by atoms with Crippen LogP contribution >= 0.6 is 0 Å². The van der Waals surface area contributed by atoms with Crippen LogP contribution in [-0.2, 0) is 17.7 Å². The number of carbonyl (C=O) groups is 1. The molecule has 4 aromatic rings. The Morgan fingerprint density at radius 2 is 1.68 bits per heavy atom. The molecule has 0 radical (unpaired) electrons. The zero-order valence-corrected chi connectivity index (χ0v) is 23.5. The van der Waals surface area contributed by atoms with E-state index in [0.717, 1.165) is 31.4 Å². The minimum absolute atomic E-state index is 0.224. The number of carbonyl (C=O) groups excluding carboxylic acids is 1. The number of hydrogen-bond donors (Lipinski definition) is 0. The predicted octanol–water partition coefficient (Wildman–Crippen LogP) is 6.00. The maximum atomic E-state index is 15.5. The average molecular weight is 554 g/mol. The van der Waals surface area contributed by atoms with Crippen LogP contribution in [-0.4, -0.2) is 56.7 Å². The van der Waals surface area contributed by atoms with E-state index in [1.807, 2.05) is 35.2 Å². The van der Waals surface area contributed by atoms with Gasteiger partial charge in [0, 0.05) is 50.3 Å². The number of amides is 1. The highest BCUT2D eigenvalue weighted by Crippen LogP contribution is 2.52. The molecular weight excluding hydrogens is 517 g/mol. The van der Waals surface area contributed by atoms with Gasteiger partial charge in [0.15, 0.2) is 5.76 Å². The number of para-hydroxylation sites is 1. The topological polar surface area (TPSA) is 49.2 Å². The lowest BCUT2D eigenvalue weighted by Crippen LogP contribution is -2.37. The largest absolute Gasteiger partial charge is 0.451 e. The first-order valence-corrected chi connectivity index (χ1v) is 14.8. The summed E-state index contributed by atoms with van der Waals surface area (Å²) >= 11 is 0. The van der Waals surface area contributed by atoms with Crippen LogP contribution in [0, 0.1) is 23.6 Å². The summed E-state index contributed by atoms with van der Waals surface area (Å²) in [7, 11) is 0. The Hall–Kier alpha value is -3.68. The van der Waals surface area contributed by atoms with E-state index >= 15 is 4.39 Å². The zero-order valence-electron chi connectivity index (χ0n) is 23.5. The summed E-state index contributed by atoms with van der Waals surface area (Å²) in [5.74, 6) is 1.23. The fourth-order valence-electron chi connectivity index (χ4n) is 6.74. The number of hydrogen-bond acceptors (Lipinski definition) is 5. The lowest BCUT2D eigenvalue weighted by atomic mass is 10.1. The standard InChI is InChI=1S/C34H36FN3O3/c1-2-23-7-9-24(10-8-23)19-36-20-27-28(21-36)29(27)22-38(34(39)33-17-25-5-3-4-6-32(25)41-33)26-11-12-31(30(35)18-26)37-13-15-40-16-14-37/h3-12,17-18,27-29H,2,13-16,19-22H2,1H3. The van der Waals surface area contributed by atoms with E-state index in [-0.39, 0.29) is 17.5 Å². The van der Waals surface area contributed by atoms with E-state index in [1.54, 1.807) is 17.0 Å². The molecule has 3 heterocycles. The average Bonchev–Trinajstić information content (AvgIpc) is 3.31. The third kappa shape index (κ3) is 5.24. The number of ether oxygens (including phenoxy) is 1. The van der Waals surface area contributed by atoms with Crippen LogP contribution in [0.1, 0.15) is 28.6 Å². The molecule has 1 amide bonds. The van der Waals surface area contributed by atoms with Crippen LogP contribution < -0.4 is 9.80 Å². The molecule has 2 atom stereocenters. The first-order valence-electron chi connectivity index (χ1n) is 14.8. The van der Waals surface area contributed by atoms with Crippen LogP contribution in [0.5, 0.6) is 0 Å². The number of aryl methyl sites for hydroxylation is 1. The highest BCUT2D eigenvalue weighted by Gasteiger charge is 2.56. The maximum absolute atomic E-state index is 15.5. The first-order chi connectivity index (χ1) is 20.1. The molecule has 2 saturated heterocycles. The van der Waals surface area contributed by atoms with E-state index < -0.39 is 0 Å². The molecule has 7 rings (SSSR count). The van der Waals surface area contributed by atoms with Gasteiger partial charge in [-0.25, -0.2) is 4.39 Å².